The average Bonchev–Trinajstić information content (AvgIpc) is 2.79. The molecule has 2 aromatic carbocycles. The minimum absolute atomic E-state index is 0.547. The van der Waals surface area contributed by atoms with Crippen LogP contribution in [0.4, 0.5) is 0 Å². The number of rotatable bonds is 18. The zero-order chi connectivity index (χ0) is 22.0. The van der Waals surface area contributed by atoms with Gasteiger partial charge in [-0.15, -0.1) is 0 Å². The molecule has 2 aromatic rings. The Balaban J connectivity index is 1.42. The lowest BCUT2D eigenvalue weighted by Gasteiger charge is -2.10. The van der Waals surface area contributed by atoms with E-state index in [2.05, 4.69) is 6.92 Å². The van der Waals surface area contributed by atoms with Gasteiger partial charge in [-0.3, -0.25) is 0 Å². The second-order valence-electron chi connectivity index (χ2n) is 7.11. The number of hydrogen-bond donors (Lipinski definition) is 0. The quantitative estimate of drug-likeness (QED) is 0.319. The Bertz CT molecular complexity index is 671. The Morgan fingerprint density at radius 1 is 0.484 bits per heavy atom. The van der Waals surface area contributed by atoms with E-state index in [9.17, 15) is 0 Å². The van der Waals surface area contributed by atoms with Crippen LogP contribution in [-0.2, 0) is 14.2 Å². The normalized spacial score (nSPS) is 10.8. The molecule has 0 N–H and O–H groups in total. The lowest BCUT2D eigenvalue weighted by Crippen LogP contribution is -2.09. The van der Waals surface area contributed by atoms with Gasteiger partial charge in [-0.2, -0.15) is 0 Å². The van der Waals surface area contributed by atoms with E-state index in [1.54, 1.807) is 7.11 Å². The van der Waals surface area contributed by atoms with Gasteiger partial charge in [0.05, 0.1) is 19.8 Å². The number of benzene rings is 2. The molecule has 6 nitrogen and oxygen atoms in total. The van der Waals surface area contributed by atoms with Crippen LogP contribution in [0.5, 0.6) is 17.2 Å². The summed E-state index contributed by atoms with van der Waals surface area (Å²) in [6.07, 6.45) is 2.61. The first kappa shape index (κ1) is 25.0. The van der Waals surface area contributed by atoms with Crippen LogP contribution in [0, 0.1) is 6.92 Å². The largest absolute Gasteiger partial charge is 0.494 e. The molecule has 0 saturated heterocycles. The summed E-state index contributed by atoms with van der Waals surface area (Å²) >= 11 is 0. The maximum Gasteiger partial charge on any atom is 0.119 e. The minimum Gasteiger partial charge on any atom is -0.494 e. The van der Waals surface area contributed by atoms with Gasteiger partial charge in [-0.05, 0) is 49.7 Å². The molecular weight excluding hydrogens is 396 g/mol. The smallest absolute Gasteiger partial charge is 0.119 e. The highest BCUT2D eigenvalue weighted by atomic mass is 16.5. The van der Waals surface area contributed by atoms with Crippen LogP contribution in [0.25, 0.3) is 0 Å². The van der Waals surface area contributed by atoms with Crippen molar-refractivity contribution in [1.82, 2.24) is 0 Å². The summed E-state index contributed by atoms with van der Waals surface area (Å²) in [5.74, 6) is 2.54. The first-order valence-electron chi connectivity index (χ1n) is 11.0. The molecule has 0 spiro atoms. The van der Waals surface area contributed by atoms with Gasteiger partial charge in [0.15, 0.2) is 0 Å². The van der Waals surface area contributed by atoms with Gasteiger partial charge in [-0.1, -0.05) is 17.7 Å². The van der Waals surface area contributed by atoms with Gasteiger partial charge in [0.1, 0.15) is 23.9 Å². The van der Waals surface area contributed by atoms with E-state index in [4.69, 9.17) is 28.4 Å². The molecule has 0 radical (unpaired) electrons. The van der Waals surface area contributed by atoms with E-state index < -0.39 is 0 Å². The molecule has 0 bridgehead atoms. The van der Waals surface area contributed by atoms with Crippen molar-refractivity contribution in [3.8, 4) is 17.2 Å². The minimum atomic E-state index is 0.547. The first-order valence-corrected chi connectivity index (χ1v) is 11.0. The predicted octanol–water partition coefficient (Wildman–Crippen LogP) is 4.68. The standard InChI is InChI=1S/C25H36O6/c1-22-6-8-23(9-7-22)31-21-20-28-17-5-19-30-25-12-10-24(11-13-25)29-18-4-16-27-15-3-14-26-2/h6-13H,3-5,14-21H2,1-2H3. The fourth-order valence-electron chi connectivity index (χ4n) is 2.70. The molecule has 0 unspecified atom stereocenters. The Hall–Kier alpha value is -2.28. The fraction of sp³-hybridized carbons (Fsp3) is 0.520. The third kappa shape index (κ3) is 12.2. The van der Waals surface area contributed by atoms with Crippen molar-refractivity contribution in [2.24, 2.45) is 0 Å². The molecule has 0 saturated carbocycles. The molecule has 0 aliphatic heterocycles. The molecule has 0 fully saturated rings. The summed E-state index contributed by atoms with van der Waals surface area (Å²) in [7, 11) is 1.70. The number of hydrogen-bond acceptors (Lipinski definition) is 6. The molecule has 172 valence electrons. The number of ether oxygens (including phenoxy) is 6. The highest BCUT2D eigenvalue weighted by Gasteiger charge is 1.98. The maximum atomic E-state index is 5.74. The Kier molecular flexibility index (Phi) is 13.2. The molecule has 6 heteroatoms. The third-order valence-corrected chi connectivity index (χ3v) is 4.38. The lowest BCUT2D eigenvalue weighted by atomic mass is 10.2. The average molecular weight is 433 g/mol. The molecule has 2 rings (SSSR count). The van der Waals surface area contributed by atoms with Gasteiger partial charge in [-0.25, -0.2) is 0 Å². The van der Waals surface area contributed by atoms with Crippen molar-refractivity contribution in [3.05, 3.63) is 54.1 Å². The molecule has 0 aliphatic carbocycles. The van der Waals surface area contributed by atoms with Gasteiger partial charge in [0, 0.05) is 46.4 Å². The van der Waals surface area contributed by atoms with Gasteiger partial charge >= 0.3 is 0 Å². The second kappa shape index (κ2) is 16.4. The van der Waals surface area contributed by atoms with Gasteiger partial charge in [0.25, 0.3) is 0 Å². The second-order valence-corrected chi connectivity index (χ2v) is 7.11. The van der Waals surface area contributed by atoms with Crippen LogP contribution >= 0.6 is 0 Å². The fourth-order valence-corrected chi connectivity index (χ4v) is 2.70. The van der Waals surface area contributed by atoms with Gasteiger partial charge < -0.3 is 28.4 Å². The van der Waals surface area contributed by atoms with Crippen LogP contribution in [0.15, 0.2) is 48.5 Å². The van der Waals surface area contributed by atoms with Crippen molar-refractivity contribution in [3.63, 3.8) is 0 Å². The van der Waals surface area contributed by atoms with Crippen LogP contribution < -0.4 is 14.2 Å². The molecule has 0 atom stereocenters. The van der Waals surface area contributed by atoms with Crippen molar-refractivity contribution in [2.45, 2.75) is 26.2 Å². The highest BCUT2D eigenvalue weighted by Crippen LogP contribution is 2.18. The SMILES string of the molecule is COCCCOCCCOc1ccc(OCCCOCCOc2ccc(C)cc2)cc1. The van der Waals surface area contributed by atoms with E-state index in [1.807, 2.05) is 48.5 Å². The van der Waals surface area contributed by atoms with Crippen molar-refractivity contribution in [1.29, 1.82) is 0 Å². The summed E-state index contributed by atoms with van der Waals surface area (Å²) in [6.45, 7) is 7.23. The topological polar surface area (TPSA) is 55.4 Å². The molecule has 0 aromatic heterocycles. The van der Waals surface area contributed by atoms with Crippen LogP contribution in [0.3, 0.4) is 0 Å². The number of aryl methyl sites for hydroxylation is 1. The van der Waals surface area contributed by atoms with E-state index in [1.165, 1.54) is 5.56 Å². The molecule has 0 heterocycles. The monoisotopic (exact) mass is 432 g/mol. The van der Waals surface area contributed by atoms with Crippen LogP contribution in [0.2, 0.25) is 0 Å². The van der Waals surface area contributed by atoms with Crippen LogP contribution in [-0.4, -0.2) is 60.0 Å². The molecule has 31 heavy (non-hydrogen) atoms. The maximum absolute atomic E-state index is 5.74. The Morgan fingerprint density at radius 3 is 1.42 bits per heavy atom. The third-order valence-electron chi connectivity index (χ3n) is 4.38. The zero-order valence-electron chi connectivity index (χ0n) is 18.8. The summed E-state index contributed by atoms with van der Waals surface area (Å²) in [6, 6.07) is 15.7. The van der Waals surface area contributed by atoms with E-state index in [-0.39, 0.29) is 0 Å². The predicted molar refractivity (Wildman–Crippen MR) is 121 cm³/mol. The zero-order valence-corrected chi connectivity index (χ0v) is 18.8. The summed E-state index contributed by atoms with van der Waals surface area (Å²) in [5, 5.41) is 0. The summed E-state index contributed by atoms with van der Waals surface area (Å²) < 4.78 is 33.2. The molecule has 0 aliphatic rings. The Labute approximate surface area is 186 Å². The van der Waals surface area contributed by atoms with E-state index in [0.717, 1.165) is 49.7 Å². The highest BCUT2D eigenvalue weighted by molar-refractivity contribution is 5.31. The van der Waals surface area contributed by atoms with Crippen molar-refractivity contribution in [2.75, 3.05) is 60.0 Å². The lowest BCUT2D eigenvalue weighted by molar-refractivity contribution is 0.0904. The van der Waals surface area contributed by atoms with Gasteiger partial charge in [0.2, 0.25) is 0 Å². The van der Waals surface area contributed by atoms with E-state index >= 15 is 0 Å². The molecule has 0 amide bonds. The van der Waals surface area contributed by atoms with Crippen molar-refractivity contribution >= 4 is 0 Å². The number of methoxy groups -OCH3 is 1. The van der Waals surface area contributed by atoms with Crippen molar-refractivity contribution < 1.29 is 28.4 Å². The first-order chi connectivity index (χ1) is 15.3. The molecular formula is C25H36O6. The summed E-state index contributed by atoms with van der Waals surface area (Å²) in [4.78, 5) is 0. The van der Waals surface area contributed by atoms with Crippen LogP contribution in [0.1, 0.15) is 24.8 Å². The summed E-state index contributed by atoms with van der Waals surface area (Å²) in [5.41, 5.74) is 1.22. The Morgan fingerprint density at radius 2 is 0.903 bits per heavy atom. The van der Waals surface area contributed by atoms with E-state index in [0.29, 0.717) is 39.6 Å².